The van der Waals surface area contributed by atoms with Crippen LogP contribution in [-0.4, -0.2) is 0 Å². The van der Waals surface area contributed by atoms with Gasteiger partial charge in [0.05, 0.1) is 0 Å². The van der Waals surface area contributed by atoms with E-state index >= 15 is 0 Å². The molecule has 0 saturated carbocycles. The number of thiophene rings is 1. The molecule has 1 nitrogen and oxygen atoms in total. The highest BCUT2D eigenvalue weighted by molar-refractivity contribution is 7.26. The number of nitrogens with zero attached hydrogens (tertiary/aromatic N) is 1. The summed E-state index contributed by atoms with van der Waals surface area (Å²) in [6.07, 6.45) is 0. The van der Waals surface area contributed by atoms with Crippen LogP contribution in [0.1, 0.15) is 0 Å². The van der Waals surface area contributed by atoms with Crippen LogP contribution in [0.5, 0.6) is 0 Å². The second kappa shape index (κ2) is 10.1. The van der Waals surface area contributed by atoms with Gasteiger partial charge in [-0.1, -0.05) is 121 Å². The Balaban J connectivity index is 1.22. The molecule has 1 aromatic heterocycles. The average Bonchev–Trinajstić information content (AvgIpc) is 3.48. The summed E-state index contributed by atoms with van der Waals surface area (Å²) in [5.41, 5.74) is 5.85. The van der Waals surface area contributed by atoms with E-state index in [1.54, 1.807) is 0 Å². The number of anilines is 3. The van der Waals surface area contributed by atoms with Crippen molar-refractivity contribution in [3.05, 3.63) is 164 Å². The minimum absolute atomic E-state index is 1.13. The van der Waals surface area contributed by atoms with Gasteiger partial charge < -0.3 is 4.90 Å². The molecule has 0 N–H and O–H groups in total. The molecule has 0 aliphatic heterocycles. The first-order valence-electron chi connectivity index (χ1n) is 15.0. The number of hydrogen-bond donors (Lipinski definition) is 0. The van der Waals surface area contributed by atoms with E-state index in [1.807, 2.05) is 11.3 Å². The monoisotopic (exact) mass is 577 g/mol. The normalized spacial score (nSPS) is 11.6. The van der Waals surface area contributed by atoms with Crippen LogP contribution in [0.15, 0.2) is 164 Å². The maximum atomic E-state index is 2.35. The third kappa shape index (κ3) is 4.00. The molecule has 206 valence electrons. The number of para-hydroxylation sites is 1. The number of rotatable bonds is 4. The molecule has 9 rings (SSSR count). The Kier molecular flexibility index (Phi) is 5.75. The van der Waals surface area contributed by atoms with Crippen LogP contribution >= 0.6 is 11.3 Å². The van der Waals surface area contributed by atoms with Crippen molar-refractivity contribution in [3.8, 4) is 11.1 Å². The fourth-order valence-corrected chi connectivity index (χ4v) is 7.97. The van der Waals surface area contributed by atoms with E-state index in [0.29, 0.717) is 0 Å². The Morgan fingerprint density at radius 1 is 0.364 bits per heavy atom. The van der Waals surface area contributed by atoms with E-state index in [-0.39, 0.29) is 0 Å². The Morgan fingerprint density at radius 3 is 1.77 bits per heavy atom. The number of fused-ring (bicyclic) bond motifs is 9. The lowest BCUT2D eigenvalue weighted by Crippen LogP contribution is -2.09. The summed E-state index contributed by atoms with van der Waals surface area (Å²) < 4.78 is 2.71. The lowest BCUT2D eigenvalue weighted by molar-refractivity contribution is 1.29. The van der Waals surface area contributed by atoms with Gasteiger partial charge in [0, 0.05) is 42.6 Å². The SMILES string of the molecule is c1ccc(-c2ccc(N(c3ccccc3)c3ccc4c(ccc5ccc6c(ccc7c8ccccc8sc76)c54)c3)cc2)cc1. The predicted molar refractivity (Wildman–Crippen MR) is 192 cm³/mol. The summed E-state index contributed by atoms with van der Waals surface area (Å²) in [5.74, 6) is 0. The number of hydrogen-bond acceptors (Lipinski definition) is 2. The summed E-state index contributed by atoms with van der Waals surface area (Å²) in [6.45, 7) is 0. The largest absolute Gasteiger partial charge is 0.310 e. The van der Waals surface area contributed by atoms with Crippen molar-refractivity contribution in [1.82, 2.24) is 0 Å². The van der Waals surface area contributed by atoms with Crippen LogP contribution in [-0.2, 0) is 0 Å². The Bertz CT molecular complexity index is 2480. The Morgan fingerprint density at radius 2 is 0.932 bits per heavy atom. The smallest absolute Gasteiger partial charge is 0.0468 e. The minimum Gasteiger partial charge on any atom is -0.310 e. The fraction of sp³-hybridized carbons (Fsp3) is 0. The van der Waals surface area contributed by atoms with Crippen molar-refractivity contribution in [3.63, 3.8) is 0 Å². The molecule has 0 aliphatic carbocycles. The van der Waals surface area contributed by atoms with Gasteiger partial charge in [-0.15, -0.1) is 11.3 Å². The highest BCUT2D eigenvalue weighted by atomic mass is 32.1. The van der Waals surface area contributed by atoms with Crippen molar-refractivity contribution >= 4 is 80.9 Å². The standard InChI is InChI=1S/C42H27NS/c1-3-9-28(10-4-1)29-17-20-33(21-18-29)43(32-11-5-2-6-12-32)34-22-24-35-31(27-34)16-15-30-19-23-39-37(41(30)35)25-26-38-36-13-7-8-14-40(36)44-42(38)39/h1-27H. The molecule has 0 unspecified atom stereocenters. The second-order valence-electron chi connectivity index (χ2n) is 11.4. The van der Waals surface area contributed by atoms with Crippen molar-refractivity contribution in [2.24, 2.45) is 0 Å². The van der Waals surface area contributed by atoms with Gasteiger partial charge in [0.2, 0.25) is 0 Å². The van der Waals surface area contributed by atoms with Gasteiger partial charge in [-0.05, 0) is 80.5 Å². The van der Waals surface area contributed by atoms with Crippen molar-refractivity contribution in [1.29, 1.82) is 0 Å². The van der Waals surface area contributed by atoms with Gasteiger partial charge in [-0.3, -0.25) is 0 Å². The van der Waals surface area contributed by atoms with Crippen LogP contribution in [0.3, 0.4) is 0 Å². The molecule has 0 fully saturated rings. The molecule has 0 saturated heterocycles. The van der Waals surface area contributed by atoms with E-state index in [1.165, 1.54) is 63.6 Å². The maximum Gasteiger partial charge on any atom is 0.0468 e. The molecule has 0 spiro atoms. The third-order valence-corrected chi connectivity index (χ3v) is 10.0. The highest BCUT2D eigenvalue weighted by Crippen LogP contribution is 2.43. The van der Waals surface area contributed by atoms with Crippen LogP contribution in [0, 0.1) is 0 Å². The zero-order valence-electron chi connectivity index (χ0n) is 23.9. The molecular formula is C42H27NS. The summed E-state index contributed by atoms with van der Waals surface area (Å²) in [5, 5.41) is 10.4. The molecule has 1 heterocycles. The average molecular weight is 578 g/mol. The molecule has 2 heteroatoms. The molecule has 44 heavy (non-hydrogen) atoms. The molecule has 0 aliphatic rings. The fourth-order valence-electron chi connectivity index (χ4n) is 6.74. The van der Waals surface area contributed by atoms with E-state index in [9.17, 15) is 0 Å². The van der Waals surface area contributed by atoms with E-state index in [0.717, 1.165) is 17.1 Å². The number of benzene rings is 8. The third-order valence-electron chi connectivity index (χ3n) is 8.83. The molecule has 0 bridgehead atoms. The van der Waals surface area contributed by atoms with Crippen LogP contribution in [0.25, 0.3) is 63.6 Å². The van der Waals surface area contributed by atoms with Crippen molar-refractivity contribution < 1.29 is 0 Å². The topological polar surface area (TPSA) is 3.24 Å². The Labute approximate surface area is 259 Å². The quantitative estimate of drug-likeness (QED) is 0.188. The minimum atomic E-state index is 1.13. The predicted octanol–water partition coefficient (Wildman–Crippen LogP) is 12.7. The molecule has 9 aromatic rings. The lowest BCUT2D eigenvalue weighted by Gasteiger charge is -2.26. The molecule has 8 aromatic carbocycles. The van der Waals surface area contributed by atoms with Crippen LogP contribution in [0.2, 0.25) is 0 Å². The van der Waals surface area contributed by atoms with E-state index in [2.05, 4.69) is 169 Å². The first kappa shape index (κ1) is 25.1. The summed E-state index contributed by atoms with van der Waals surface area (Å²) >= 11 is 1.90. The van der Waals surface area contributed by atoms with Gasteiger partial charge in [-0.25, -0.2) is 0 Å². The van der Waals surface area contributed by atoms with Gasteiger partial charge in [0.1, 0.15) is 0 Å². The lowest BCUT2D eigenvalue weighted by atomic mass is 9.95. The Hall–Kier alpha value is -5.44. The first-order chi connectivity index (χ1) is 21.8. The molecule has 0 atom stereocenters. The summed E-state index contributed by atoms with van der Waals surface area (Å²) in [7, 11) is 0. The van der Waals surface area contributed by atoms with E-state index < -0.39 is 0 Å². The van der Waals surface area contributed by atoms with Crippen LogP contribution < -0.4 is 4.90 Å². The van der Waals surface area contributed by atoms with Crippen molar-refractivity contribution in [2.75, 3.05) is 4.90 Å². The van der Waals surface area contributed by atoms with E-state index in [4.69, 9.17) is 0 Å². The van der Waals surface area contributed by atoms with Crippen molar-refractivity contribution in [2.45, 2.75) is 0 Å². The van der Waals surface area contributed by atoms with Gasteiger partial charge in [-0.2, -0.15) is 0 Å². The second-order valence-corrected chi connectivity index (χ2v) is 12.4. The van der Waals surface area contributed by atoms with Gasteiger partial charge in [0.15, 0.2) is 0 Å². The maximum absolute atomic E-state index is 2.35. The van der Waals surface area contributed by atoms with Gasteiger partial charge in [0.25, 0.3) is 0 Å². The first-order valence-corrected chi connectivity index (χ1v) is 15.8. The molecule has 0 amide bonds. The summed E-state index contributed by atoms with van der Waals surface area (Å²) in [4.78, 5) is 2.35. The zero-order chi connectivity index (χ0) is 29.0. The van der Waals surface area contributed by atoms with Gasteiger partial charge >= 0.3 is 0 Å². The zero-order valence-corrected chi connectivity index (χ0v) is 24.8. The van der Waals surface area contributed by atoms with Crippen LogP contribution in [0.4, 0.5) is 17.1 Å². The molecular weight excluding hydrogens is 551 g/mol. The summed E-state index contributed by atoms with van der Waals surface area (Å²) in [6, 6.07) is 59.6. The highest BCUT2D eigenvalue weighted by Gasteiger charge is 2.16. The molecule has 0 radical (unpaired) electrons.